The monoisotopic (exact) mass is 361 g/mol. The SMILES string of the molecule is CNCCN(C)Cc1n[nH]cc1-c1ccc(Oc2cccc(C#N)c2)cc1. The summed E-state index contributed by atoms with van der Waals surface area (Å²) in [5.41, 5.74) is 3.77. The van der Waals surface area contributed by atoms with Gasteiger partial charge in [0.15, 0.2) is 0 Å². The zero-order chi connectivity index (χ0) is 19.1. The Bertz CT molecular complexity index is 911. The van der Waals surface area contributed by atoms with Gasteiger partial charge in [0.05, 0.1) is 17.3 Å². The summed E-state index contributed by atoms with van der Waals surface area (Å²) in [6, 6.07) is 17.1. The molecule has 0 aliphatic carbocycles. The summed E-state index contributed by atoms with van der Waals surface area (Å²) in [5.74, 6) is 1.38. The third-order valence-corrected chi connectivity index (χ3v) is 4.25. The van der Waals surface area contributed by atoms with E-state index in [-0.39, 0.29) is 0 Å². The van der Waals surface area contributed by atoms with Crippen LogP contribution in [-0.4, -0.2) is 42.3 Å². The minimum absolute atomic E-state index is 0.578. The van der Waals surface area contributed by atoms with Crippen molar-refractivity contribution in [2.45, 2.75) is 6.54 Å². The molecule has 1 aromatic heterocycles. The molecule has 0 spiro atoms. The number of ether oxygens (including phenoxy) is 1. The van der Waals surface area contributed by atoms with Crippen molar-refractivity contribution in [1.29, 1.82) is 5.26 Å². The maximum absolute atomic E-state index is 8.98. The van der Waals surface area contributed by atoms with Crippen molar-refractivity contribution in [3.05, 3.63) is 66.0 Å². The number of nitrogens with one attached hydrogen (secondary N) is 2. The molecule has 3 aromatic rings. The topological polar surface area (TPSA) is 77.0 Å². The molecule has 27 heavy (non-hydrogen) atoms. The minimum atomic E-state index is 0.578. The van der Waals surface area contributed by atoms with Gasteiger partial charge in [-0.05, 0) is 50.0 Å². The maximum Gasteiger partial charge on any atom is 0.128 e. The van der Waals surface area contributed by atoms with Crippen molar-refractivity contribution in [2.24, 2.45) is 0 Å². The highest BCUT2D eigenvalue weighted by molar-refractivity contribution is 5.66. The van der Waals surface area contributed by atoms with Crippen molar-refractivity contribution in [3.63, 3.8) is 0 Å². The molecule has 2 N–H and O–H groups in total. The Kier molecular flexibility index (Phi) is 6.21. The molecular formula is C21H23N5O. The summed E-state index contributed by atoms with van der Waals surface area (Å²) in [6.07, 6.45) is 1.92. The Morgan fingerprint density at radius 3 is 2.74 bits per heavy atom. The van der Waals surface area contributed by atoms with Crippen LogP contribution in [-0.2, 0) is 6.54 Å². The first-order chi connectivity index (χ1) is 13.2. The number of aromatic amines is 1. The van der Waals surface area contributed by atoms with Gasteiger partial charge in [-0.15, -0.1) is 0 Å². The first-order valence-electron chi connectivity index (χ1n) is 8.84. The molecule has 6 heteroatoms. The van der Waals surface area contributed by atoms with E-state index >= 15 is 0 Å². The third-order valence-electron chi connectivity index (χ3n) is 4.25. The fourth-order valence-corrected chi connectivity index (χ4v) is 2.79. The molecule has 0 aliphatic rings. The second-order valence-electron chi connectivity index (χ2n) is 6.35. The van der Waals surface area contributed by atoms with Crippen LogP contribution in [0.25, 0.3) is 11.1 Å². The van der Waals surface area contributed by atoms with E-state index in [1.807, 2.05) is 49.6 Å². The molecule has 0 unspecified atom stereocenters. The lowest BCUT2D eigenvalue weighted by Gasteiger charge is -2.15. The summed E-state index contributed by atoms with van der Waals surface area (Å²) < 4.78 is 5.84. The average Bonchev–Trinajstić information content (AvgIpc) is 3.15. The molecule has 138 valence electrons. The van der Waals surface area contributed by atoms with E-state index in [9.17, 15) is 0 Å². The van der Waals surface area contributed by atoms with E-state index < -0.39 is 0 Å². The van der Waals surface area contributed by atoms with Crippen LogP contribution in [0.2, 0.25) is 0 Å². The Hall–Kier alpha value is -3.14. The first kappa shape index (κ1) is 18.6. The second-order valence-corrected chi connectivity index (χ2v) is 6.35. The van der Waals surface area contributed by atoms with E-state index in [1.54, 1.807) is 12.1 Å². The molecule has 6 nitrogen and oxygen atoms in total. The van der Waals surface area contributed by atoms with E-state index in [0.29, 0.717) is 11.3 Å². The van der Waals surface area contributed by atoms with Crippen molar-refractivity contribution in [1.82, 2.24) is 20.4 Å². The maximum atomic E-state index is 8.98. The minimum Gasteiger partial charge on any atom is -0.457 e. The first-order valence-corrected chi connectivity index (χ1v) is 8.84. The van der Waals surface area contributed by atoms with Crippen LogP contribution in [0.1, 0.15) is 11.3 Å². The fourth-order valence-electron chi connectivity index (χ4n) is 2.79. The van der Waals surface area contributed by atoms with Gasteiger partial charge in [0.25, 0.3) is 0 Å². The lowest BCUT2D eigenvalue weighted by atomic mass is 10.1. The zero-order valence-corrected chi connectivity index (χ0v) is 15.6. The highest BCUT2D eigenvalue weighted by Gasteiger charge is 2.11. The van der Waals surface area contributed by atoms with Crippen LogP contribution in [0.3, 0.4) is 0 Å². The molecular weight excluding hydrogens is 338 g/mol. The van der Waals surface area contributed by atoms with Crippen molar-refractivity contribution >= 4 is 0 Å². The van der Waals surface area contributed by atoms with Crippen LogP contribution >= 0.6 is 0 Å². The number of likely N-dealkylation sites (N-methyl/N-ethyl adjacent to an activating group) is 2. The lowest BCUT2D eigenvalue weighted by Crippen LogP contribution is -2.27. The molecule has 0 aliphatic heterocycles. The van der Waals surface area contributed by atoms with E-state index in [0.717, 1.165) is 42.2 Å². The highest BCUT2D eigenvalue weighted by Crippen LogP contribution is 2.27. The van der Waals surface area contributed by atoms with Crippen LogP contribution in [0.5, 0.6) is 11.5 Å². The molecule has 3 rings (SSSR count). The van der Waals surface area contributed by atoms with Crippen molar-refractivity contribution in [2.75, 3.05) is 27.2 Å². The standard InChI is InChI=1S/C21H23N5O/c1-23-10-11-26(2)15-21-20(14-24-25-21)17-6-8-18(9-7-17)27-19-5-3-4-16(12-19)13-22/h3-9,12,14,23H,10-11,15H2,1-2H3,(H,24,25). The molecule has 0 saturated heterocycles. The van der Waals surface area contributed by atoms with Gasteiger partial charge in [0, 0.05) is 31.4 Å². The number of rotatable bonds is 8. The van der Waals surface area contributed by atoms with Crippen LogP contribution < -0.4 is 10.1 Å². The molecule has 0 fully saturated rings. The van der Waals surface area contributed by atoms with Gasteiger partial charge in [-0.25, -0.2) is 0 Å². The quantitative estimate of drug-likeness (QED) is 0.643. The summed E-state index contributed by atoms with van der Waals surface area (Å²) in [4.78, 5) is 2.23. The summed E-state index contributed by atoms with van der Waals surface area (Å²) in [5, 5.41) is 19.5. The van der Waals surface area contributed by atoms with Gasteiger partial charge >= 0.3 is 0 Å². The zero-order valence-electron chi connectivity index (χ0n) is 15.6. The van der Waals surface area contributed by atoms with Gasteiger partial charge in [-0.1, -0.05) is 18.2 Å². The highest BCUT2D eigenvalue weighted by atomic mass is 16.5. The van der Waals surface area contributed by atoms with E-state index in [2.05, 4.69) is 33.5 Å². The van der Waals surface area contributed by atoms with Crippen molar-refractivity contribution < 1.29 is 4.74 Å². The van der Waals surface area contributed by atoms with Gasteiger partial charge < -0.3 is 10.1 Å². The van der Waals surface area contributed by atoms with Crippen LogP contribution in [0.15, 0.2) is 54.7 Å². The molecule has 1 heterocycles. The Morgan fingerprint density at radius 2 is 2.00 bits per heavy atom. The largest absolute Gasteiger partial charge is 0.457 e. The summed E-state index contributed by atoms with van der Waals surface area (Å²) in [7, 11) is 4.04. The van der Waals surface area contributed by atoms with Crippen LogP contribution in [0.4, 0.5) is 0 Å². The molecule has 0 amide bonds. The number of aromatic nitrogens is 2. The molecule has 0 radical (unpaired) electrons. The summed E-state index contributed by atoms with van der Waals surface area (Å²) >= 11 is 0. The smallest absolute Gasteiger partial charge is 0.128 e. The van der Waals surface area contributed by atoms with Gasteiger partial charge in [0.1, 0.15) is 11.5 Å². The number of hydrogen-bond donors (Lipinski definition) is 2. The molecule has 0 bridgehead atoms. The van der Waals surface area contributed by atoms with Gasteiger partial charge in [-0.2, -0.15) is 10.4 Å². The third kappa shape index (κ3) is 4.94. The predicted octanol–water partition coefficient (Wildman–Crippen LogP) is 3.39. The average molecular weight is 361 g/mol. The number of hydrogen-bond acceptors (Lipinski definition) is 5. The fraction of sp³-hybridized carbons (Fsp3) is 0.238. The van der Waals surface area contributed by atoms with Gasteiger partial charge in [0.2, 0.25) is 0 Å². The number of benzene rings is 2. The Balaban J connectivity index is 1.71. The molecule has 0 saturated carbocycles. The predicted molar refractivity (Wildman–Crippen MR) is 106 cm³/mol. The number of H-pyrrole nitrogens is 1. The molecule has 0 atom stereocenters. The van der Waals surface area contributed by atoms with Crippen LogP contribution in [0, 0.1) is 11.3 Å². The molecule has 2 aromatic carbocycles. The Labute approximate surface area is 159 Å². The normalized spacial score (nSPS) is 10.7. The van der Waals surface area contributed by atoms with Gasteiger partial charge in [-0.3, -0.25) is 10.00 Å². The lowest BCUT2D eigenvalue weighted by molar-refractivity contribution is 0.324. The second kappa shape index (κ2) is 8.99. The number of nitriles is 1. The van der Waals surface area contributed by atoms with E-state index in [1.165, 1.54) is 0 Å². The van der Waals surface area contributed by atoms with Crippen molar-refractivity contribution in [3.8, 4) is 28.7 Å². The summed E-state index contributed by atoms with van der Waals surface area (Å²) in [6.45, 7) is 2.67. The Morgan fingerprint density at radius 1 is 1.19 bits per heavy atom. The number of nitrogens with zero attached hydrogens (tertiary/aromatic N) is 3. The van der Waals surface area contributed by atoms with E-state index in [4.69, 9.17) is 10.00 Å².